The van der Waals surface area contributed by atoms with Crippen molar-refractivity contribution in [2.75, 3.05) is 0 Å². The summed E-state index contributed by atoms with van der Waals surface area (Å²) in [5.41, 5.74) is 7.09. The second-order valence-corrected chi connectivity index (χ2v) is 3.68. The maximum absolute atomic E-state index is 12.3. The first kappa shape index (κ1) is 12.4. The standard InChI is InChI=1S/C11H12F2N4O/c1-17-8(6-15-16-17)10(14)7-4-2-3-5-9(7)18-11(12)13/h2-6,10-11H,14H2,1H3. The Morgan fingerprint density at radius 3 is 2.67 bits per heavy atom. The number of hydrogen-bond acceptors (Lipinski definition) is 4. The Morgan fingerprint density at radius 1 is 1.33 bits per heavy atom. The molecule has 2 aromatic rings. The lowest BCUT2D eigenvalue weighted by atomic mass is 10.0. The molecule has 1 aromatic heterocycles. The highest BCUT2D eigenvalue weighted by Crippen LogP contribution is 2.28. The number of aryl methyl sites for hydroxylation is 1. The fraction of sp³-hybridized carbons (Fsp3) is 0.273. The van der Waals surface area contributed by atoms with E-state index in [-0.39, 0.29) is 5.75 Å². The molecule has 96 valence electrons. The highest BCUT2D eigenvalue weighted by atomic mass is 19.3. The van der Waals surface area contributed by atoms with Gasteiger partial charge in [-0.3, -0.25) is 4.68 Å². The molecule has 1 atom stereocenters. The van der Waals surface area contributed by atoms with Gasteiger partial charge < -0.3 is 10.5 Å². The van der Waals surface area contributed by atoms with E-state index in [4.69, 9.17) is 5.73 Å². The van der Waals surface area contributed by atoms with Crippen LogP contribution in [0.5, 0.6) is 5.75 Å². The average molecular weight is 254 g/mol. The van der Waals surface area contributed by atoms with Crippen LogP contribution in [0.1, 0.15) is 17.3 Å². The number of benzene rings is 1. The first-order chi connectivity index (χ1) is 8.59. The molecule has 0 bridgehead atoms. The SMILES string of the molecule is Cn1nncc1C(N)c1ccccc1OC(F)F. The summed E-state index contributed by atoms with van der Waals surface area (Å²) in [6, 6.07) is 5.77. The van der Waals surface area contributed by atoms with E-state index in [1.807, 2.05) is 0 Å². The van der Waals surface area contributed by atoms with E-state index in [0.717, 1.165) is 0 Å². The van der Waals surface area contributed by atoms with Crippen molar-refractivity contribution in [3.63, 3.8) is 0 Å². The minimum Gasteiger partial charge on any atom is -0.434 e. The van der Waals surface area contributed by atoms with Gasteiger partial charge in [-0.15, -0.1) is 5.10 Å². The lowest BCUT2D eigenvalue weighted by molar-refractivity contribution is -0.0505. The third-order valence-electron chi connectivity index (χ3n) is 2.54. The van der Waals surface area contributed by atoms with Crippen molar-refractivity contribution in [1.29, 1.82) is 0 Å². The molecule has 0 saturated carbocycles. The Bertz CT molecular complexity index is 529. The second kappa shape index (κ2) is 5.09. The summed E-state index contributed by atoms with van der Waals surface area (Å²) >= 11 is 0. The predicted octanol–water partition coefficient (Wildman–Crippen LogP) is 1.46. The Morgan fingerprint density at radius 2 is 2.06 bits per heavy atom. The molecular formula is C11H12F2N4O. The summed E-state index contributed by atoms with van der Waals surface area (Å²) in [7, 11) is 1.68. The average Bonchev–Trinajstić information content (AvgIpc) is 2.74. The van der Waals surface area contributed by atoms with Gasteiger partial charge in [-0.1, -0.05) is 23.4 Å². The number of hydrogen-bond donors (Lipinski definition) is 1. The molecule has 0 aliphatic heterocycles. The van der Waals surface area contributed by atoms with Gasteiger partial charge in [0, 0.05) is 12.6 Å². The van der Waals surface area contributed by atoms with Crippen LogP contribution in [0, 0.1) is 0 Å². The minimum absolute atomic E-state index is 0.0567. The molecule has 2 rings (SSSR count). The van der Waals surface area contributed by atoms with Crippen LogP contribution in [-0.2, 0) is 7.05 Å². The van der Waals surface area contributed by atoms with Crippen molar-refractivity contribution in [2.24, 2.45) is 12.8 Å². The number of halogens is 2. The van der Waals surface area contributed by atoms with Crippen LogP contribution < -0.4 is 10.5 Å². The van der Waals surface area contributed by atoms with Crippen LogP contribution in [-0.4, -0.2) is 21.6 Å². The molecule has 0 spiro atoms. The van der Waals surface area contributed by atoms with Crippen molar-refractivity contribution in [3.8, 4) is 5.75 Å². The molecule has 0 saturated heterocycles. The molecule has 0 aliphatic rings. The maximum Gasteiger partial charge on any atom is 0.387 e. The van der Waals surface area contributed by atoms with E-state index in [9.17, 15) is 8.78 Å². The Hall–Kier alpha value is -2.02. The van der Waals surface area contributed by atoms with Crippen LogP contribution in [0.4, 0.5) is 8.78 Å². The number of rotatable bonds is 4. The van der Waals surface area contributed by atoms with Crippen LogP contribution in [0.15, 0.2) is 30.5 Å². The predicted molar refractivity (Wildman–Crippen MR) is 60.1 cm³/mol. The summed E-state index contributed by atoms with van der Waals surface area (Å²) in [5.74, 6) is 0.0567. The Kier molecular flexibility index (Phi) is 3.52. The largest absolute Gasteiger partial charge is 0.434 e. The molecule has 1 aromatic carbocycles. The fourth-order valence-corrected chi connectivity index (χ4v) is 1.68. The first-order valence-corrected chi connectivity index (χ1v) is 5.23. The molecule has 2 N–H and O–H groups in total. The molecule has 1 heterocycles. The number of ether oxygens (including phenoxy) is 1. The number of nitrogens with two attached hydrogens (primary N) is 1. The second-order valence-electron chi connectivity index (χ2n) is 3.68. The minimum atomic E-state index is -2.89. The smallest absolute Gasteiger partial charge is 0.387 e. The topological polar surface area (TPSA) is 66.0 Å². The summed E-state index contributed by atoms with van der Waals surface area (Å²) < 4.78 is 30.5. The van der Waals surface area contributed by atoms with E-state index < -0.39 is 12.7 Å². The van der Waals surface area contributed by atoms with Gasteiger partial charge in [0.05, 0.1) is 17.9 Å². The third-order valence-corrected chi connectivity index (χ3v) is 2.54. The van der Waals surface area contributed by atoms with Gasteiger partial charge in [0.15, 0.2) is 0 Å². The number of para-hydroxylation sites is 1. The summed E-state index contributed by atoms with van der Waals surface area (Å²) in [6.45, 7) is -2.89. The Labute approximate surface area is 102 Å². The molecule has 0 radical (unpaired) electrons. The van der Waals surface area contributed by atoms with Crippen LogP contribution >= 0.6 is 0 Å². The molecule has 0 amide bonds. The van der Waals surface area contributed by atoms with Crippen molar-refractivity contribution in [3.05, 3.63) is 41.7 Å². The highest BCUT2D eigenvalue weighted by Gasteiger charge is 2.19. The summed E-state index contributed by atoms with van der Waals surface area (Å²) in [4.78, 5) is 0. The van der Waals surface area contributed by atoms with Crippen molar-refractivity contribution < 1.29 is 13.5 Å². The van der Waals surface area contributed by atoms with E-state index in [1.165, 1.54) is 16.9 Å². The summed E-state index contributed by atoms with van der Waals surface area (Å²) in [5, 5.41) is 7.45. The lowest BCUT2D eigenvalue weighted by Gasteiger charge is -2.16. The van der Waals surface area contributed by atoms with Gasteiger partial charge in [0.25, 0.3) is 0 Å². The van der Waals surface area contributed by atoms with E-state index in [0.29, 0.717) is 11.3 Å². The molecule has 1 unspecified atom stereocenters. The van der Waals surface area contributed by atoms with Crippen molar-refractivity contribution >= 4 is 0 Å². The Balaban J connectivity index is 2.36. The molecule has 5 nitrogen and oxygen atoms in total. The zero-order valence-electron chi connectivity index (χ0n) is 9.62. The third kappa shape index (κ3) is 2.45. The monoisotopic (exact) mass is 254 g/mol. The number of alkyl halides is 2. The molecule has 7 heteroatoms. The first-order valence-electron chi connectivity index (χ1n) is 5.23. The molecule has 18 heavy (non-hydrogen) atoms. The number of aromatic nitrogens is 3. The van der Waals surface area contributed by atoms with Crippen molar-refractivity contribution in [1.82, 2.24) is 15.0 Å². The highest BCUT2D eigenvalue weighted by molar-refractivity contribution is 5.39. The quantitative estimate of drug-likeness (QED) is 0.897. The van der Waals surface area contributed by atoms with Crippen LogP contribution in [0.2, 0.25) is 0 Å². The molecule has 0 fully saturated rings. The van der Waals surface area contributed by atoms with Gasteiger partial charge in [-0.2, -0.15) is 8.78 Å². The molecule has 0 aliphatic carbocycles. The zero-order chi connectivity index (χ0) is 13.1. The molecular weight excluding hydrogens is 242 g/mol. The number of nitrogens with zero attached hydrogens (tertiary/aromatic N) is 3. The zero-order valence-corrected chi connectivity index (χ0v) is 9.62. The van der Waals surface area contributed by atoms with E-state index >= 15 is 0 Å². The van der Waals surface area contributed by atoms with Gasteiger partial charge in [-0.05, 0) is 6.07 Å². The fourth-order valence-electron chi connectivity index (χ4n) is 1.68. The van der Waals surface area contributed by atoms with Crippen LogP contribution in [0.25, 0.3) is 0 Å². The van der Waals surface area contributed by atoms with E-state index in [1.54, 1.807) is 25.2 Å². The van der Waals surface area contributed by atoms with Gasteiger partial charge in [0.2, 0.25) is 0 Å². The van der Waals surface area contributed by atoms with Crippen LogP contribution in [0.3, 0.4) is 0 Å². The normalized spacial score (nSPS) is 12.7. The van der Waals surface area contributed by atoms with Gasteiger partial charge >= 0.3 is 6.61 Å². The van der Waals surface area contributed by atoms with Crippen molar-refractivity contribution in [2.45, 2.75) is 12.7 Å². The van der Waals surface area contributed by atoms with E-state index in [2.05, 4.69) is 15.0 Å². The lowest BCUT2D eigenvalue weighted by Crippen LogP contribution is -2.17. The summed E-state index contributed by atoms with van der Waals surface area (Å²) in [6.07, 6.45) is 1.49. The van der Waals surface area contributed by atoms with Gasteiger partial charge in [-0.25, -0.2) is 0 Å². The van der Waals surface area contributed by atoms with Gasteiger partial charge in [0.1, 0.15) is 5.75 Å². The maximum atomic E-state index is 12.3.